The predicted octanol–water partition coefficient (Wildman–Crippen LogP) is 3.56. The van der Waals surface area contributed by atoms with Crippen molar-refractivity contribution in [3.63, 3.8) is 0 Å². The Morgan fingerprint density at radius 2 is 1.76 bits per heavy atom. The topological polar surface area (TPSA) is 67.4 Å². The van der Waals surface area contributed by atoms with Crippen molar-refractivity contribution in [1.82, 2.24) is 10.6 Å². The molecule has 0 aliphatic rings. The summed E-state index contributed by atoms with van der Waals surface area (Å²) in [7, 11) is 1.58. The Hall–Kier alpha value is -1.75. The van der Waals surface area contributed by atoms with Crippen molar-refractivity contribution in [2.75, 3.05) is 13.7 Å². The van der Waals surface area contributed by atoms with Gasteiger partial charge in [-0.1, -0.05) is 32.4 Å². The largest absolute Gasteiger partial charge is 0.494 e. The molecule has 0 aliphatic carbocycles. The summed E-state index contributed by atoms with van der Waals surface area (Å²) in [6, 6.07) is 6.72. The molecular weight excluding hydrogens is 340 g/mol. The molecular formula is C19H29ClN2O3. The van der Waals surface area contributed by atoms with Crippen molar-refractivity contribution in [3.8, 4) is 5.75 Å². The number of rotatable bonds is 9. The second kappa shape index (κ2) is 10.3. The summed E-state index contributed by atoms with van der Waals surface area (Å²) in [5, 5.41) is 6.12. The molecule has 0 aromatic heterocycles. The molecule has 140 valence electrons. The summed E-state index contributed by atoms with van der Waals surface area (Å²) in [6.07, 6.45) is 2.93. The van der Waals surface area contributed by atoms with Crippen LogP contribution >= 0.6 is 11.6 Å². The van der Waals surface area contributed by atoms with Gasteiger partial charge in [-0.25, -0.2) is 0 Å². The van der Waals surface area contributed by atoms with Gasteiger partial charge in [-0.2, -0.15) is 0 Å². The van der Waals surface area contributed by atoms with E-state index in [1.165, 1.54) is 0 Å². The number of halogens is 1. The highest BCUT2D eigenvalue weighted by molar-refractivity contribution is 6.30. The van der Waals surface area contributed by atoms with Gasteiger partial charge >= 0.3 is 0 Å². The van der Waals surface area contributed by atoms with Gasteiger partial charge in [0.1, 0.15) is 11.8 Å². The molecule has 1 rings (SSSR count). The second-order valence-electron chi connectivity index (χ2n) is 7.09. The zero-order valence-corrected chi connectivity index (χ0v) is 16.3. The molecule has 6 heteroatoms. The van der Waals surface area contributed by atoms with E-state index in [0.717, 1.165) is 25.0 Å². The lowest BCUT2D eigenvalue weighted by Gasteiger charge is -2.29. The molecule has 0 heterocycles. The number of carbonyl (C=O) groups is 2. The summed E-state index contributed by atoms with van der Waals surface area (Å²) >= 11 is 5.82. The fraction of sp³-hybridized carbons (Fsp3) is 0.579. The van der Waals surface area contributed by atoms with Crippen LogP contribution < -0.4 is 15.4 Å². The number of benzene rings is 1. The molecule has 0 saturated heterocycles. The highest BCUT2D eigenvalue weighted by Crippen LogP contribution is 2.20. The first-order chi connectivity index (χ1) is 11.7. The van der Waals surface area contributed by atoms with Gasteiger partial charge in [0, 0.05) is 18.5 Å². The van der Waals surface area contributed by atoms with Crippen LogP contribution in [-0.2, 0) is 9.59 Å². The second-order valence-corrected chi connectivity index (χ2v) is 7.53. The first-order valence-electron chi connectivity index (χ1n) is 8.63. The predicted molar refractivity (Wildman–Crippen MR) is 101 cm³/mol. The summed E-state index contributed by atoms with van der Waals surface area (Å²) < 4.78 is 5.61. The minimum absolute atomic E-state index is 0.0952. The number of carbonyl (C=O) groups excluding carboxylic acids is 2. The summed E-state index contributed by atoms with van der Waals surface area (Å²) in [6.45, 7) is 6.40. The van der Waals surface area contributed by atoms with Gasteiger partial charge in [0.05, 0.1) is 6.61 Å². The summed E-state index contributed by atoms with van der Waals surface area (Å²) in [5.74, 6) is 0.528. The average molecular weight is 369 g/mol. The lowest BCUT2D eigenvalue weighted by atomic mass is 9.86. The minimum Gasteiger partial charge on any atom is -0.494 e. The normalized spacial score (nSPS) is 12.4. The first kappa shape index (κ1) is 21.3. The van der Waals surface area contributed by atoms with Gasteiger partial charge in [0.15, 0.2) is 0 Å². The maximum atomic E-state index is 12.1. The first-order valence-corrected chi connectivity index (χ1v) is 9.01. The van der Waals surface area contributed by atoms with E-state index in [-0.39, 0.29) is 17.2 Å². The Labute approximate surface area is 155 Å². The van der Waals surface area contributed by atoms with Crippen LogP contribution in [0.4, 0.5) is 0 Å². The van der Waals surface area contributed by atoms with Crippen molar-refractivity contribution in [2.45, 2.75) is 52.5 Å². The van der Waals surface area contributed by atoms with Crippen LogP contribution in [0.2, 0.25) is 5.02 Å². The van der Waals surface area contributed by atoms with E-state index in [1.807, 2.05) is 32.9 Å². The van der Waals surface area contributed by atoms with E-state index in [1.54, 1.807) is 19.2 Å². The van der Waals surface area contributed by atoms with Crippen LogP contribution in [0.1, 0.15) is 46.5 Å². The van der Waals surface area contributed by atoms with Crippen LogP contribution in [0.15, 0.2) is 24.3 Å². The van der Waals surface area contributed by atoms with Crippen LogP contribution in [-0.4, -0.2) is 31.5 Å². The Bertz CT molecular complexity index is 553. The molecule has 0 bridgehead atoms. The number of unbranched alkanes of at least 4 members (excludes halogenated alkanes) is 2. The summed E-state index contributed by atoms with van der Waals surface area (Å²) in [4.78, 5) is 24.0. The molecule has 1 aromatic carbocycles. The van der Waals surface area contributed by atoms with Crippen LogP contribution in [0.25, 0.3) is 0 Å². The molecule has 0 aliphatic heterocycles. The fourth-order valence-electron chi connectivity index (χ4n) is 2.34. The third-order valence-corrected chi connectivity index (χ3v) is 4.06. The van der Waals surface area contributed by atoms with Crippen molar-refractivity contribution >= 4 is 23.4 Å². The number of nitrogens with one attached hydrogen (secondary N) is 2. The third kappa shape index (κ3) is 8.25. The van der Waals surface area contributed by atoms with Gasteiger partial charge in [-0.3, -0.25) is 9.59 Å². The molecule has 2 N–H and O–H groups in total. The van der Waals surface area contributed by atoms with Gasteiger partial charge < -0.3 is 15.4 Å². The number of amides is 2. The minimum atomic E-state index is -0.529. The van der Waals surface area contributed by atoms with E-state index in [2.05, 4.69) is 10.6 Å². The standard InChI is InChI=1S/C19H29ClN2O3/c1-19(2,3)17(18(24)21-4)22-16(23)8-6-5-7-13-25-15-11-9-14(20)10-12-15/h9-12,17H,5-8,13H2,1-4H3,(H,21,24)(H,22,23). The Kier molecular flexibility index (Phi) is 8.76. The molecule has 0 spiro atoms. The van der Waals surface area contributed by atoms with E-state index in [4.69, 9.17) is 16.3 Å². The number of ether oxygens (including phenoxy) is 1. The molecule has 1 aromatic rings. The van der Waals surface area contributed by atoms with E-state index < -0.39 is 6.04 Å². The summed E-state index contributed by atoms with van der Waals surface area (Å²) in [5.41, 5.74) is -0.331. The molecule has 0 radical (unpaired) electrons. The van der Waals surface area contributed by atoms with E-state index in [9.17, 15) is 9.59 Å². The van der Waals surface area contributed by atoms with Crippen molar-refractivity contribution in [2.24, 2.45) is 5.41 Å². The maximum absolute atomic E-state index is 12.1. The Morgan fingerprint density at radius 3 is 2.32 bits per heavy atom. The highest BCUT2D eigenvalue weighted by atomic mass is 35.5. The number of likely N-dealkylation sites (N-methyl/N-ethyl adjacent to an activating group) is 1. The van der Waals surface area contributed by atoms with Gasteiger partial charge in [-0.05, 0) is 48.9 Å². The van der Waals surface area contributed by atoms with Crippen molar-refractivity contribution < 1.29 is 14.3 Å². The maximum Gasteiger partial charge on any atom is 0.242 e. The third-order valence-electron chi connectivity index (χ3n) is 3.81. The number of hydrogen-bond donors (Lipinski definition) is 2. The Morgan fingerprint density at radius 1 is 1.12 bits per heavy atom. The Balaban J connectivity index is 2.23. The van der Waals surface area contributed by atoms with Crippen molar-refractivity contribution in [1.29, 1.82) is 0 Å². The molecule has 0 fully saturated rings. The molecule has 25 heavy (non-hydrogen) atoms. The lowest BCUT2D eigenvalue weighted by Crippen LogP contribution is -2.52. The lowest BCUT2D eigenvalue weighted by molar-refractivity contribution is -0.131. The molecule has 0 saturated carbocycles. The van der Waals surface area contributed by atoms with Gasteiger partial charge in [0.25, 0.3) is 0 Å². The van der Waals surface area contributed by atoms with Gasteiger partial charge in [0.2, 0.25) is 11.8 Å². The zero-order valence-electron chi connectivity index (χ0n) is 15.5. The highest BCUT2D eigenvalue weighted by Gasteiger charge is 2.31. The van der Waals surface area contributed by atoms with E-state index in [0.29, 0.717) is 18.1 Å². The monoisotopic (exact) mass is 368 g/mol. The molecule has 5 nitrogen and oxygen atoms in total. The zero-order chi connectivity index (χ0) is 18.9. The molecule has 1 unspecified atom stereocenters. The fourth-order valence-corrected chi connectivity index (χ4v) is 2.46. The SMILES string of the molecule is CNC(=O)C(NC(=O)CCCCCOc1ccc(Cl)cc1)C(C)(C)C. The molecule has 1 atom stereocenters. The van der Waals surface area contributed by atoms with Crippen LogP contribution in [0.3, 0.4) is 0 Å². The average Bonchev–Trinajstić information content (AvgIpc) is 2.55. The molecule has 2 amide bonds. The van der Waals surface area contributed by atoms with Crippen molar-refractivity contribution in [3.05, 3.63) is 29.3 Å². The smallest absolute Gasteiger partial charge is 0.242 e. The number of hydrogen-bond acceptors (Lipinski definition) is 3. The van der Waals surface area contributed by atoms with Gasteiger partial charge in [-0.15, -0.1) is 0 Å². The van der Waals surface area contributed by atoms with E-state index >= 15 is 0 Å². The van der Waals surface area contributed by atoms with Crippen LogP contribution in [0.5, 0.6) is 5.75 Å². The quantitative estimate of drug-likeness (QED) is 0.655. The van der Waals surface area contributed by atoms with Crippen LogP contribution in [0, 0.1) is 5.41 Å².